The maximum absolute atomic E-state index is 5.20. The molecule has 1 nitrogen and oxygen atoms in total. The van der Waals surface area contributed by atoms with E-state index in [4.69, 9.17) is 6.42 Å². The lowest BCUT2D eigenvalue weighted by molar-refractivity contribution is 0.652. The second kappa shape index (κ2) is 5.74. The van der Waals surface area contributed by atoms with Crippen molar-refractivity contribution in [1.29, 1.82) is 0 Å². The summed E-state index contributed by atoms with van der Waals surface area (Å²) in [6.45, 7) is 2.14. The summed E-state index contributed by atoms with van der Waals surface area (Å²) in [7, 11) is 1.96. The smallest absolute Gasteiger partial charge is 0.0592 e. The Morgan fingerprint density at radius 1 is 1.43 bits per heavy atom. The van der Waals surface area contributed by atoms with Crippen LogP contribution in [0.15, 0.2) is 29.2 Å². The SMILES string of the molecule is C#CCSc1ccc(C(C)NC)cc1. The Morgan fingerprint density at radius 2 is 2.07 bits per heavy atom. The minimum absolute atomic E-state index is 0.404. The van der Waals surface area contributed by atoms with Gasteiger partial charge in [-0.1, -0.05) is 18.1 Å². The van der Waals surface area contributed by atoms with Crippen molar-refractivity contribution in [3.63, 3.8) is 0 Å². The lowest BCUT2D eigenvalue weighted by Gasteiger charge is -2.10. The van der Waals surface area contributed by atoms with E-state index in [0.717, 1.165) is 5.75 Å². The van der Waals surface area contributed by atoms with Crippen molar-refractivity contribution in [2.75, 3.05) is 12.8 Å². The molecule has 2 heteroatoms. The minimum atomic E-state index is 0.404. The molecular formula is C12H15NS. The van der Waals surface area contributed by atoms with E-state index in [9.17, 15) is 0 Å². The van der Waals surface area contributed by atoms with Gasteiger partial charge in [0.1, 0.15) is 0 Å². The summed E-state index contributed by atoms with van der Waals surface area (Å²) >= 11 is 1.69. The number of thioether (sulfide) groups is 1. The van der Waals surface area contributed by atoms with E-state index in [2.05, 4.69) is 42.4 Å². The topological polar surface area (TPSA) is 12.0 Å². The molecule has 0 aliphatic heterocycles. The van der Waals surface area contributed by atoms with Gasteiger partial charge in [-0.15, -0.1) is 18.2 Å². The second-order valence-corrected chi connectivity index (χ2v) is 4.12. The van der Waals surface area contributed by atoms with Crippen molar-refractivity contribution >= 4 is 11.8 Å². The van der Waals surface area contributed by atoms with Crippen LogP contribution in [0.4, 0.5) is 0 Å². The molecule has 1 unspecified atom stereocenters. The first-order valence-electron chi connectivity index (χ1n) is 4.61. The molecule has 0 radical (unpaired) electrons. The Balaban J connectivity index is 2.64. The quantitative estimate of drug-likeness (QED) is 0.599. The fraction of sp³-hybridized carbons (Fsp3) is 0.333. The van der Waals surface area contributed by atoms with Crippen LogP contribution in [0.3, 0.4) is 0 Å². The third-order valence-corrected chi connectivity index (χ3v) is 3.05. The Labute approximate surface area is 90.3 Å². The highest BCUT2D eigenvalue weighted by atomic mass is 32.2. The number of nitrogens with one attached hydrogen (secondary N) is 1. The van der Waals surface area contributed by atoms with Gasteiger partial charge in [0, 0.05) is 10.9 Å². The first kappa shape index (κ1) is 11.2. The molecule has 0 saturated carbocycles. The molecule has 0 heterocycles. The highest BCUT2D eigenvalue weighted by Gasteiger charge is 2.01. The number of benzene rings is 1. The Bertz CT molecular complexity index is 310. The normalized spacial score (nSPS) is 12.1. The fourth-order valence-corrected chi connectivity index (χ4v) is 1.72. The highest BCUT2D eigenvalue weighted by molar-refractivity contribution is 7.99. The lowest BCUT2D eigenvalue weighted by Crippen LogP contribution is -2.11. The highest BCUT2D eigenvalue weighted by Crippen LogP contribution is 2.20. The van der Waals surface area contributed by atoms with Crippen LogP contribution in [0.25, 0.3) is 0 Å². The van der Waals surface area contributed by atoms with Gasteiger partial charge in [0.15, 0.2) is 0 Å². The van der Waals surface area contributed by atoms with Crippen molar-refractivity contribution in [3.05, 3.63) is 29.8 Å². The van der Waals surface area contributed by atoms with Gasteiger partial charge < -0.3 is 5.32 Å². The lowest BCUT2D eigenvalue weighted by atomic mass is 10.1. The van der Waals surface area contributed by atoms with E-state index in [1.165, 1.54) is 10.5 Å². The molecular weight excluding hydrogens is 190 g/mol. The van der Waals surface area contributed by atoms with Crippen molar-refractivity contribution in [2.24, 2.45) is 0 Å². The van der Waals surface area contributed by atoms with E-state index in [-0.39, 0.29) is 0 Å². The summed E-state index contributed by atoms with van der Waals surface area (Å²) in [6.07, 6.45) is 5.20. The molecule has 0 fully saturated rings. The zero-order chi connectivity index (χ0) is 10.4. The van der Waals surface area contributed by atoms with Gasteiger partial charge in [0.25, 0.3) is 0 Å². The molecule has 1 N–H and O–H groups in total. The third-order valence-electron chi connectivity index (χ3n) is 2.14. The molecule has 0 aromatic heterocycles. The van der Waals surface area contributed by atoms with Gasteiger partial charge in [-0.3, -0.25) is 0 Å². The van der Waals surface area contributed by atoms with Gasteiger partial charge in [-0.25, -0.2) is 0 Å². The predicted octanol–water partition coefficient (Wildman–Crippen LogP) is 2.69. The fourth-order valence-electron chi connectivity index (χ4n) is 1.14. The van der Waals surface area contributed by atoms with Crippen molar-refractivity contribution in [2.45, 2.75) is 17.9 Å². The summed E-state index contributed by atoms with van der Waals surface area (Å²) < 4.78 is 0. The maximum atomic E-state index is 5.20. The standard InChI is InChI=1S/C12H15NS/c1-4-9-14-12-7-5-11(6-8-12)10(2)13-3/h1,5-8,10,13H,9H2,2-3H3. The summed E-state index contributed by atoms with van der Waals surface area (Å²) in [6, 6.07) is 8.91. The molecule has 1 aromatic rings. The van der Waals surface area contributed by atoms with Gasteiger partial charge in [0.05, 0.1) is 5.75 Å². The van der Waals surface area contributed by atoms with Crippen LogP contribution < -0.4 is 5.32 Å². The molecule has 1 aromatic carbocycles. The number of hydrogen-bond acceptors (Lipinski definition) is 2. The van der Waals surface area contributed by atoms with Crippen molar-refractivity contribution < 1.29 is 0 Å². The first-order chi connectivity index (χ1) is 6.77. The van der Waals surface area contributed by atoms with Crippen LogP contribution in [0.2, 0.25) is 0 Å². The minimum Gasteiger partial charge on any atom is -0.313 e. The predicted molar refractivity (Wildman–Crippen MR) is 63.5 cm³/mol. The molecule has 0 bridgehead atoms. The summed E-state index contributed by atoms with van der Waals surface area (Å²) in [5.74, 6) is 3.35. The van der Waals surface area contributed by atoms with E-state index in [0.29, 0.717) is 6.04 Å². The van der Waals surface area contributed by atoms with Crippen molar-refractivity contribution in [1.82, 2.24) is 5.32 Å². The molecule has 0 aliphatic carbocycles. The molecule has 1 rings (SSSR count). The van der Waals surface area contributed by atoms with E-state index < -0.39 is 0 Å². The first-order valence-corrected chi connectivity index (χ1v) is 5.60. The van der Waals surface area contributed by atoms with Crippen LogP contribution >= 0.6 is 11.8 Å². The summed E-state index contributed by atoms with van der Waals surface area (Å²) in [4.78, 5) is 1.23. The van der Waals surface area contributed by atoms with Crippen molar-refractivity contribution in [3.8, 4) is 12.3 Å². The Hall–Kier alpha value is -0.910. The van der Waals surface area contributed by atoms with Gasteiger partial charge >= 0.3 is 0 Å². The van der Waals surface area contributed by atoms with E-state index in [1.807, 2.05) is 7.05 Å². The summed E-state index contributed by atoms with van der Waals surface area (Å²) in [5.41, 5.74) is 1.30. The number of hydrogen-bond donors (Lipinski definition) is 1. The van der Waals surface area contributed by atoms with Crippen LogP contribution in [-0.4, -0.2) is 12.8 Å². The maximum Gasteiger partial charge on any atom is 0.0592 e. The van der Waals surface area contributed by atoms with Gasteiger partial charge in [-0.05, 0) is 31.7 Å². The molecule has 0 saturated heterocycles. The van der Waals surface area contributed by atoms with Crippen LogP contribution in [-0.2, 0) is 0 Å². The van der Waals surface area contributed by atoms with E-state index in [1.54, 1.807) is 11.8 Å². The zero-order valence-electron chi connectivity index (χ0n) is 8.58. The molecule has 0 spiro atoms. The Morgan fingerprint density at radius 3 is 2.57 bits per heavy atom. The molecule has 0 amide bonds. The largest absolute Gasteiger partial charge is 0.313 e. The average Bonchev–Trinajstić information content (AvgIpc) is 2.26. The number of rotatable bonds is 4. The van der Waals surface area contributed by atoms with Crippen LogP contribution in [0.1, 0.15) is 18.5 Å². The molecule has 74 valence electrons. The third kappa shape index (κ3) is 3.10. The average molecular weight is 205 g/mol. The summed E-state index contributed by atoms with van der Waals surface area (Å²) in [5, 5.41) is 3.20. The molecule has 1 atom stereocenters. The van der Waals surface area contributed by atoms with Crippen LogP contribution in [0, 0.1) is 12.3 Å². The number of terminal acetylenes is 1. The van der Waals surface area contributed by atoms with Crippen LogP contribution in [0.5, 0.6) is 0 Å². The zero-order valence-corrected chi connectivity index (χ0v) is 9.40. The van der Waals surface area contributed by atoms with Gasteiger partial charge in [0.2, 0.25) is 0 Å². The molecule has 0 aliphatic rings. The second-order valence-electron chi connectivity index (χ2n) is 3.07. The van der Waals surface area contributed by atoms with Gasteiger partial charge in [-0.2, -0.15) is 0 Å². The molecule has 14 heavy (non-hydrogen) atoms. The van der Waals surface area contributed by atoms with E-state index >= 15 is 0 Å². The monoisotopic (exact) mass is 205 g/mol. The Kier molecular flexibility index (Phi) is 4.58.